The van der Waals surface area contributed by atoms with Crippen molar-refractivity contribution in [1.82, 2.24) is 10.3 Å². The second-order valence-electron chi connectivity index (χ2n) is 3.40. The first-order valence-electron chi connectivity index (χ1n) is 4.57. The molecule has 2 heterocycles. The normalized spacial score (nSPS) is 17.3. The van der Waals surface area contributed by atoms with Gasteiger partial charge in [0.2, 0.25) is 0 Å². The fourth-order valence-corrected chi connectivity index (χ4v) is 1.33. The Morgan fingerprint density at radius 3 is 2.67 bits per heavy atom. The number of anilines is 1. The molecule has 2 N–H and O–H groups in total. The number of nitrogens with zero attached hydrogens (tertiary/aromatic N) is 1. The van der Waals surface area contributed by atoms with Gasteiger partial charge in [-0.3, -0.25) is 0 Å². The van der Waals surface area contributed by atoms with E-state index in [4.69, 9.17) is 0 Å². The largest absolute Gasteiger partial charge is 0.419 e. The van der Waals surface area contributed by atoms with Crippen LogP contribution in [-0.2, 0) is 6.18 Å². The van der Waals surface area contributed by atoms with E-state index in [2.05, 4.69) is 15.6 Å². The van der Waals surface area contributed by atoms with E-state index in [1.807, 2.05) is 0 Å². The van der Waals surface area contributed by atoms with Crippen LogP contribution >= 0.6 is 0 Å². The second-order valence-corrected chi connectivity index (χ2v) is 3.40. The summed E-state index contributed by atoms with van der Waals surface area (Å²) in [5.41, 5.74) is -0.711. The number of alkyl halides is 3. The quantitative estimate of drug-likeness (QED) is 0.788. The molecule has 1 aromatic rings. The van der Waals surface area contributed by atoms with Crippen molar-refractivity contribution in [3.63, 3.8) is 0 Å². The molecule has 1 aliphatic rings. The molecule has 15 heavy (non-hydrogen) atoms. The van der Waals surface area contributed by atoms with Crippen molar-refractivity contribution >= 4 is 5.82 Å². The van der Waals surface area contributed by atoms with Gasteiger partial charge in [0.25, 0.3) is 0 Å². The van der Waals surface area contributed by atoms with Gasteiger partial charge in [-0.25, -0.2) is 4.98 Å². The van der Waals surface area contributed by atoms with E-state index in [9.17, 15) is 13.2 Å². The minimum Gasteiger partial charge on any atom is -0.364 e. The molecule has 1 saturated heterocycles. The second kappa shape index (κ2) is 3.69. The molecule has 6 heteroatoms. The van der Waals surface area contributed by atoms with Crippen molar-refractivity contribution in [2.24, 2.45) is 0 Å². The summed E-state index contributed by atoms with van der Waals surface area (Å²) in [7, 11) is 0. The summed E-state index contributed by atoms with van der Waals surface area (Å²) in [6.07, 6.45) is -3.00. The fraction of sp³-hybridized carbons (Fsp3) is 0.444. The van der Waals surface area contributed by atoms with E-state index < -0.39 is 11.7 Å². The van der Waals surface area contributed by atoms with Crippen molar-refractivity contribution in [3.05, 3.63) is 23.9 Å². The van der Waals surface area contributed by atoms with E-state index >= 15 is 0 Å². The highest BCUT2D eigenvalue weighted by molar-refractivity contribution is 5.46. The maximum Gasteiger partial charge on any atom is 0.419 e. The zero-order chi connectivity index (χ0) is 10.9. The summed E-state index contributed by atoms with van der Waals surface area (Å²) in [5, 5.41) is 5.73. The molecule has 3 nitrogen and oxygen atoms in total. The number of aromatic nitrogens is 1. The first-order valence-corrected chi connectivity index (χ1v) is 4.57. The molecule has 1 fully saturated rings. The molecule has 0 aliphatic carbocycles. The van der Waals surface area contributed by atoms with Crippen LogP contribution in [0.1, 0.15) is 5.56 Å². The predicted octanol–water partition coefficient (Wildman–Crippen LogP) is 1.48. The van der Waals surface area contributed by atoms with E-state index in [0.717, 1.165) is 6.07 Å². The highest BCUT2D eigenvalue weighted by atomic mass is 19.4. The van der Waals surface area contributed by atoms with Gasteiger partial charge in [-0.05, 0) is 12.1 Å². The zero-order valence-corrected chi connectivity index (χ0v) is 7.80. The van der Waals surface area contributed by atoms with Crippen LogP contribution in [0.15, 0.2) is 18.3 Å². The van der Waals surface area contributed by atoms with Gasteiger partial charge < -0.3 is 10.6 Å². The molecule has 0 radical (unpaired) electrons. The van der Waals surface area contributed by atoms with Crippen LogP contribution in [-0.4, -0.2) is 24.1 Å². The maximum absolute atomic E-state index is 12.5. The Bertz CT molecular complexity index is 347. The summed E-state index contributed by atoms with van der Waals surface area (Å²) in [6.45, 7) is 1.35. The Kier molecular flexibility index (Phi) is 2.52. The van der Waals surface area contributed by atoms with Crippen LogP contribution in [0.5, 0.6) is 0 Å². The number of hydrogen-bond donors (Lipinski definition) is 2. The molecule has 2 rings (SSSR count). The number of nitrogens with one attached hydrogen (secondary N) is 2. The number of pyridine rings is 1. The molecule has 1 aliphatic heterocycles. The monoisotopic (exact) mass is 217 g/mol. The minimum atomic E-state index is -4.35. The summed E-state index contributed by atoms with van der Waals surface area (Å²) < 4.78 is 37.6. The molecular formula is C9H10F3N3. The Labute approximate surface area is 84.7 Å². The summed E-state index contributed by atoms with van der Waals surface area (Å²) in [4.78, 5) is 3.71. The number of hydrogen-bond acceptors (Lipinski definition) is 3. The summed E-state index contributed by atoms with van der Waals surface area (Å²) in [5.74, 6) is -0.0866. The summed E-state index contributed by atoms with van der Waals surface area (Å²) in [6, 6.07) is 2.36. The first kappa shape index (κ1) is 10.2. The van der Waals surface area contributed by atoms with E-state index in [1.54, 1.807) is 0 Å². The zero-order valence-electron chi connectivity index (χ0n) is 7.80. The maximum atomic E-state index is 12.5. The first-order chi connectivity index (χ1) is 7.07. The molecule has 0 bridgehead atoms. The van der Waals surface area contributed by atoms with Crippen LogP contribution in [0, 0.1) is 0 Å². The van der Waals surface area contributed by atoms with Crippen molar-refractivity contribution in [2.75, 3.05) is 18.4 Å². The number of rotatable bonds is 2. The lowest BCUT2D eigenvalue weighted by atomic mass is 10.1. The van der Waals surface area contributed by atoms with Gasteiger partial charge in [-0.15, -0.1) is 0 Å². The van der Waals surface area contributed by atoms with Gasteiger partial charge in [0.15, 0.2) is 0 Å². The van der Waals surface area contributed by atoms with Crippen LogP contribution in [0.3, 0.4) is 0 Å². The van der Waals surface area contributed by atoms with Crippen molar-refractivity contribution in [3.8, 4) is 0 Å². The molecule has 82 valence electrons. The van der Waals surface area contributed by atoms with Crippen molar-refractivity contribution in [1.29, 1.82) is 0 Å². The molecular weight excluding hydrogens is 207 g/mol. The smallest absolute Gasteiger partial charge is 0.364 e. The number of halogens is 3. The Morgan fingerprint density at radius 1 is 1.40 bits per heavy atom. The molecule has 0 spiro atoms. The van der Waals surface area contributed by atoms with Gasteiger partial charge in [-0.2, -0.15) is 13.2 Å². The molecule has 0 aromatic carbocycles. The van der Waals surface area contributed by atoms with E-state index in [-0.39, 0.29) is 11.9 Å². The van der Waals surface area contributed by atoms with Gasteiger partial charge in [0, 0.05) is 19.3 Å². The molecule has 0 unspecified atom stereocenters. The van der Waals surface area contributed by atoms with Gasteiger partial charge in [0.05, 0.1) is 11.6 Å². The van der Waals surface area contributed by atoms with Crippen LogP contribution in [0.4, 0.5) is 19.0 Å². The highest BCUT2D eigenvalue weighted by Gasteiger charge is 2.34. The van der Waals surface area contributed by atoms with Crippen LogP contribution < -0.4 is 10.6 Å². The molecule has 0 saturated carbocycles. The summed E-state index contributed by atoms with van der Waals surface area (Å²) >= 11 is 0. The highest BCUT2D eigenvalue weighted by Crippen LogP contribution is 2.33. The lowest BCUT2D eigenvalue weighted by Gasteiger charge is -2.29. The topological polar surface area (TPSA) is 37.0 Å². The van der Waals surface area contributed by atoms with E-state index in [0.29, 0.717) is 13.1 Å². The third kappa shape index (κ3) is 2.20. The van der Waals surface area contributed by atoms with Crippen molar-refractivity contribution < 1.29 is 13.2 Å². The molecule has 1 aromatic heterocycles. The minimum absolute atomic E-state index is 0.0426. The van der Waals surface area contributed by atoms with Gasteiger partial charge >= 0.3 is 6.18 Å². The SMILES string of the molecule is FC(F)(F)c1cccnc1NC1CNC1. The lowest BCUT2D eigenvalue weighted by Crippen LogP contribution is -2.51. The fourth-order valence-electron chi connectivity index (χ4n) is 1.33. The Balaban J connectivity index is 2.21. The van der Waals surface area contributed by atoms with E-state index in [1.165, 1.54) is 12.3 Å². The predicted molar refractivity (Wildman–Crippen MR) is 49.5 cm³/mol. The standard InChI is InChI=1S/C9H10F3N3/c10-9(11,12)7-2-1-3-14-8(7)15-6-4-13-5-6/h1-3,6,13H,4-5H2,(H,14,15). The molecule has 0 atom stereocenters. The molecule has 0 amide bonds. The van der Waals surface area contributed by atoms with Crippen molar-refractivity contribution in [2.45, 2.75) is 12.2 Å². The average molecular weight is 217 g/mol. The van der Waals surface area contributed by atoms with Gasteiger partial charge in [0.1, 0.15) is 5.82 Å². The average Bonchev–Trinajstić information content (AvgIpc) is 2.10. The Morgan fingerprint density at radius 2 is 2.13 bits per heavy atom. The third-order valence-corrected chi connectivity index (χ3v) is 2.24. The van der Waals surface area contributed by atoms with Crippen LogP contribution in [0.2, 0.25) is 0 Å². The van der Waals surface area contributed by atoms with Gasteiger partial charge in [-0.1, -0.05) is 0 Å². The third-order valence-electron chi connectivity index (χ3n) is 2.24. The Hall–Kier alpha value is -1.30. The lowest BCUT2D eigenvalue weighted by molar-refractivity contribution is -0.137. The van der Waals surface area contributed by atoms with Crippen LogP contribution in [0.25, 0.3) is 0 Å².